The highest BCUT2D eigenvalue weighted by Gasteiger charge is 2.19. The lowest BCUT2D eigenvalue weighted by atomic mass is 10.1. The first-order valence-electron chi connectivity index (χ1n) is 7.24. The number of fused-ring (bicyclic) bond motifs is 2. The Labute approximate surface area is 133 Å². The third kappa shape index (κ3) is 2.52. The van der Waals surface area contributed by atoms with Gasteiger partial charge in [0.15, 0.2) is 23.0 Å². The summed E-state index contributed by atoms with van der Waals surface area (Å²) in [5.41, 5.74) is 1.54. The van der Waals surface area contributed by atoms with Gasteiger partial charge in [-0.2, -0.15) is 0 Å². The molecule has 118 valence electrons. The molecule has 6 heteroatoms. The summed E-state index contributed by atoms with van der Waals surface area (Å²) >= 11 is 0. The van der Waals surface area contributed by atoms with Gasteiger partial charge in [-0.1, -0.05) is 6.07 Å². The van der Waals surface area contributed by atoms with Crippen molar-refractivity contribution in [1.82, 2.24) is 4.90 Å². The zero-order valence-corrected chi connectivity index (χ0v) is 12.6. The molecule has 2 aromatic carbocycles. The fourth-order valence-electron chi connectivity index (χ4n) is 2.63. The van der Waals surface area contributed by atoms with E-state index in [0.717, 1.165) is 11.3 Å². The van der Waals surface area contributed by atoms with Crippen LogP contribution in [0.3, 0.4) is 0 Å². The van der Waals surface area contributed by atoms with Gasteiger partial charge in [0.2, 0.25) is 13.6 Å². The molecule has 2 heterocycles. The van der Waals surface area contributed by atoms with Crippen molar-refractivity contribution in [2.75, 3.05) is 20.6 Å². The lowest BCUT2D eigenvalue weighted by molar-refractivity contribution is 0.0784. The number of nitrogens with zero attached hydrogens (tertiary/aromatic N) is 1. The molecule has 0 aliphatic carbocycles. The first-order valence-corrected chi connectivity index (χ1v) is 7.24. The fraction of sp³-hybridized carbons (Fsp3) is 0.235. The van der Waals surface area contributed by atoms with Crippen molar-refractivity contribution < 1.29 is 23.7 Å². The maximum atomic E-state index is 12.6. The molecule has 6 nitrogen and oxygen atoms in total. The molecule has 0 radical (unpaired) electrons. The molecule has 0 saturated carbocycles. The molecule has 4 rings (SSSR count). The Balaban J connectivity index is 1.50. The van der Waals surface area contributed by atoms with Gasteiger partial charge in [0, 0.05) is 19.2 Å². The molecule has 2 aromatic rings. The average Bonchev–Trinajstić information content (AvgIpc) is 3.21. The Morgan fingerprint density at radius 3 is 2.26 bits per heavy atom. The van der Waals surface area contributed by atoms with E-state index in [0.29, 0.717) is 29.4 Å². The van der Waals surface area contributed by atoms with Gasteiger partial charge in [-0.25, -0.2) is 0 Å². The van der Waals surface area contributed by atoms with Crippen LogP contribution in [0.2, 0.25) is 0 Å². The normalized spacial score (nSPS) is 14.0. The summed E-state index contributed by atoms with van der Waals surface area (Å²) in [6, 6.07) is 10.9. The predicted octanol–water partition coefficient (Wildman–Crippen LogP) is 2.42. The van der Waals surface area contributed by atoms with Crippen LogP contribution in [0.4, 0.5) is 0 Å². The highest BCUT2D eigenvalue weighted by atomic mass is 16.7. The third-order valence-corrected chi connectivity index (χ3v) is 3.82. The Morgan fingerprint density at radius 2 is 1.52 bits per heavy atom. The predicted molar refractivity (Wildman–Crippen MR) is 80.9 cm³/mol. The number of rotatable bonds is 3. The number of ether oxygens (including phenoxy) is 4. The van der Waals surface area contributed by atoms with Crippen molar-refractivity contribution in [1.29, 1.82) is 0 Å². The molecule has 0 fully saturated rings. The van der Waals surface area contributed by atoms with Crippen LogP contribution in [0.5, 0.6) is 23.0 Å². The Hall–Kier alpha value is -2.89. The number of hydrogen-bond donors (Lipinski definition) is 0. The molecule has 0 unspecified atom stereocenters. The van der Waals surface area contributed by atoms with Gasteiger partial charge in [0.25, 0.3) is 5.91 Å². The molecule has 0 atom stereocenters. The second kappa shape index (κ2) is 5.39. The lowest BCUT2D eigenvalue weighted by Gasteiger charge is -2.17. The van der Waals surface area contributed by atoms with E-state index in [4.69, 9.17) is 18.9 Å². The zero-order chi connectivity index (χ0) is 15.8. The second-order valence-electron chi connectivity index (χ2n) is 5.42. The van der Waals surface area contributed by atoms with Crippen molar-refractivity contribution in [2.45, 2.75) is 6.54 Å². The van der Waals surface area contributed by atoms with Gasteiger partial charge < -0.3 is 23.8 Å². The second-order valence-corrected chi connectivity index (χ2v) is 5.42. The monoisotopic (exact) mass is 313 g/mol. The summed E-state index contributed by atoms with van der Waals surface area (Å²) in [5, 5.41) is 0. The van der Waals surface area contributed by atoms with Gasteiger partial charge in [-0.05, 0) is 35.9 Å². The van der Waals surface area contributed by atoms with Crippen molar-refractivity contribution in [2.24, 2.45) is 0 Å². The number of carbonyl (C=O) groups is 1. The van der Waals surface area contributed by atoms with Crippen LogP contribution >= 0.6 is 0 Å². The Morgan fingerprint density at radius 1 is 0.913 bits per heavy atom. The van der Waals surface area contributed by atoms with Crippen LogP contribution in [0, 0.1) is 0 Å². The maximum absolute atomic E-state index is 12.6. The van der Waals surface area contributed by atoms with Gasteiger partial charge in [0.1, 0.15) is 0 Å². The highest BCUT2D eigenvalue weighted by molar-refractivity contribution is 5.94. The van der Waals surface area contributed by atoms with Crippen molar-refractivity contribution in [3.63, 3.8) is 0 Å². The zero-order valence-electron chi connectivity index (χ0n) is 12.6. The van der Waals surface area contributed by atoms with Gasteiger partial charge in [-0.3, -0.25) is 4.79 Å². The summed E-state index contributed by atoms with van der Waals surface area (Å²) in [7, 11) is 1.76. The average molecular weight is 313 g/mol. The molecule has 0 saturated heterocycles. The van der Waals surface area contributed by atoms with Crippen molar-refractivity contribution in [3.8, 4) is 23.0 Å². The summed E-state index contributed by atoms with van der Waals surface area (Å²) in [4.78, 5) is 14.2. The fourth-order valence-corrected chi connectivity index (χ4v) is 2.63. The molecule has 2 aliphatic rings. The van der Waals surface area contributed by atoms with Crippen LogP contribution in [0.15, 0.2) is 36.4 Å². The first-order chi connectivity index (χ1) is 11.2. The van der Waals surface area contributed by atoms with Crippen LogP contribution in [0.25, 0.3) is 0 Å². The van der Waals surface area contributed by atoms with Crippen LogP contribution in [0.1, 0.15) is 15.9 Å². The summed E-state index contributed by atoms with van der Waals surface area (Å²) in [6.07, 6.45) is 0. The summed E-state index contributed by atoms with van der Waals surface area (Å²) in [6.45, 7) is 0.911. The minimum absolute atomic E-state index is 0.0824. The Kier molecular flexibility index (Phi) is 3.22. The number of benzene rings is 2. The molecule has 0 aromatic heterocycles. The largest absolute Gasteiger partial charge is 0.454 e. The first kappa shape index (κ1) is 13.8. The van der Waals surface area contributed by atoms with E-state index in [1.165, 1.54) is 0 Å². The highest BCUT2D eigenvalue weighted by Crippen LogP contribution is 2.34. The molecule has 2 aliphatic heterocycles. The SMILES string of the molecule is CN(Cc1ccc2c(c1)OCO2)C(=O)c1ccc2c(c1)OCO2. The van der Waals surface area contributed by atoms with E-state index in [1.54, 1.807) is 30.1 Å². The molecule has 0 spiro atoms. The van der Waals surface area contributed by atoms with E-state index in [2.05, 4.69) is 0 Å². The van der Waals surface area contributed by atoms with E-state index in [9.17, 15) is 4.79 Å². The lowest BCUT2D eigenvalue weighted by Crippen LogP contribution is -2.26. The van der Waals surface area contributed by atoms with E-state index in [1.807, 2.05) is 18.2 Å². The van der Waals surface area contributed by atoms with E-state index < -0.39 is 0 Å². The van der Waals surface area contributed by atoms with Crippen molar-refractivity contribution in [3.05, 3.63) is 47.5 Å². The minimum atomic E-state index is -0.0824. The quantitative estimate of drug-likeness (QED) is 0.871. The standard InChI is InChI=1S/C17H15NO5/c1-18(8-11-2-4-13-15(6-11)22-9-20-13)17(19)12-3-5-14-16(7-12)23-10-21-14/h2-7H,8-10H2,1H3. The number of amides is 1. The van der Waals surface area contributed by atoms with E-state index in [-0.39, 0.29) is 19.5 Å². The van der Waals surface area contributed by atoms with Gasteiger partial charge >= 0.3 is 0 Å². The minimum Gasteiger partial charge on any atom is -0.454 e. The van der Waals surface area contributed by atoms with Crippen molar-refractivity contribution >= 4 is 5.91 Å². The van der Waals surface area contributed by atoms with Gasteiger partial charge in [-0.15, -0.1) is 0 Å². The smallest absolute Gasteiger partial charge is 0.254 e. The molecular formula is C17H15NO5. The third-order valence-electron chi connectivity index (χ3n) is 3.82. The molecule has 0 N–H and O–H groups in total. The van der Waals surface area contributed by atoms with E-state index >= 15 is 0 Å². The number of carbonyl (C=O) groups excluding carboxylic acids is 1. The molecule has 0 bridgehead atoms. The van der Waals surface area contributed by atoms with Gasteiger partial charge in [0.05, 0.1) is 0 Å². The Bertz CT molecular complexity index is 774. The van der Waals surface area contributed by atoms with Crippen LogP contribution in [-0.4, -0.2) is 31.4 Å². The molecule has 23 heavy (non-hydrogen) atoms. The molecular weight excluding hydrogens is 298 g/mol. The number of hydrogen-bond acceptors (Lipinski definition) is 5. The summed E-state index contributed by atoms with van der Waals surface area (Å²) in [5.74, 6) is 2.64. The molecule has 1 amide bonds. The van der Waals surface area contributed by atoms with Crippen LogP contribution in [-0.2, 0) is 6.54 Å². The van der Waals surface area contributed by atoms with Crippen LogP contribution < -0.4 is 18.9 Å². The maximum Gasteiger partial charge on any atom is 0.254 e. The summed E-state index contributed by atoms with van der Waals surface area (Å²) < 4.78 is 21.2. The topological polar surface area (TPSA) is 57.2 Å².